The molecule has 7 heteroatoms. The SMILES string of the molecule is CCOc1cc([C@@H]2C3=C(C[C@@H](c4ccc(C)cc4)CC3=O)Nc3ncnn32)ccc1O. The number of anilines is 1. The van der Waals surface area contributed by atoms with Gasteiger partial charge >= 0.3 is 0 Å². The summed E-state index contributed by atoms with van der Waals surface area (Å²) in [4.78, 5) is 17.8. The van der Waals surface area contributed by atoms with Crippen molar-refractivity contribution in [2.75, 3.05) is 11.9 Å². The minimum atomic E-state index is -0.417. The normalized spacial score (nSPS) is 20.1. The number of allylic oxidation sites excluding steroid dienone is 2. The second-order valence-electron chi connectivity index (χ2n) is 8.05. The molecule has 2 aromatic carbocycles. The van der Waals surface area contributed by atoms with E-state index in [4.69, 9.17) is 4.74 Å². The minimum Gasteiger partial charge on any atom is -0.504 e. The fourth-order valence-electron chi connectivity index (χ4n) is 4.51. The first-order valence-corrected chi connectivity index (χ1v) is 10.5. The van der Waals surface area contributed by atoms with Crippen molar-refractivity contribution in [1.82, 2.24) is 14.8 Å². The van der Waals surface area contributed by atoms with E-state index in [0.29, 0.717) is 30.3 Å². The first kappa shape index (κ1) is 19.4. The zero-order chi connectivity index (χ0) is 21.5. The van der Waals surface area contributed by atoms with Crippen LogP contribution in [-0.2, 0) is 4.79 Å². The van der Waals surface area contributed by atoms with Crippen molar-refractivity contribution in [3.8, 4) is 11.5 Å². The molecule has 5 rings (SSSR count). The van der Waals surface area contributed by atoms with Gasteiger partial charge in [-0.15, -0.1) is 0 Å². The van der Waals surface area contributed by atoms with E-state index in [-0.39, 0.29) is 17.5 Å². The molecule has 0 amide bonds. The second-order valence-corrected chi connectivity index (χ2v) is 8.05. The molecule has 0 spiro atoms. The van der Waals surface area contributed by atoms with E-state index in [0.717, 1.165) is 17.7 Å². The number of fused-ring (bicyclic) bond motifs is 1. The van der Waals surface area contributed by atoms with Crippen LogP contribution in [0.25, 0.3) is 0 Å². The summed E-state index contributed by atoms with van der Waals surface area (Å²) >= 11 is 0. The van der Waals surface area contributed by atoms with Crippen LogP contribution in [-0.4, -0.2) is 32.3 Å². The van der Waals surface area contributed by atoms with Crippen LogP contribution < -0.4 is 10.1 Å². The van der Waals surface area contributed by atoms with Gasteiger partial charge in [0.25, 0.3) is 0 Å². The highest BCUT2D eigenvalue weighted by Gasteiger charge is 2.39. The zero-order valence-electron chi connectivity index (χ0n) is 17.5. The van der Waals surface area contributed by atoms with E-state index in [9.17, 15) is 9.90 Å². The molecule has 3 aromatic rings. The van der Waals surface area contributed by atoms with E-state index in [2.05, 4.69) is 46.6 Å². The average Bonchev–Trinajstić information content (AvgIpc) is 3.22. The van der Waals surface area contributed by atoms with Crippen LogP contribution in [0.4, 0.5) is 5.95 Å². The lowest BCUT2D eigenvalue weighted by atomic mass is 9.78. The van der Waals surface area contributed by atoms with E-state index in [1.54, 1.807) is 16.8 Å². The number of aromatic hydroxyl groups is 1. The smallest absolute Gasteiger partial charge is 0.226 e. The maximum absolute atomic E-state index is 13.4. The Morgan fingerprint density at radius 1 is 1.16 bits per heavy atom. The molecule has 0 saturated carbocycles. The van der Waals surface area contributed by atoms with Crippen LogP contribution in [0.2, 0.25) is 0 Å². The summed E-state index contributed by atoms with van der Waals surface area (Å²) in [5.41, 5.74) is 4.78. The summed E-state index contributed by atoms with van der Waals surface area (Å²) in [6.45, 7) is 4.36. The Hall–Kier alpha value is -3.61. The number of carbonyl (C=O) groups is 1. The Morgan fingerprint density at radius 3 is 2.71 bits per heavy atom. The lowest BCUT2D eigenvalue weighted by Gasteiger charge is -2.35. The summed E-state index contributed by atoms with van der Waals surface area (Å²) in [7, 11) is 0. The van der Waals surface area contributed by atoms with Gasteiger partial charge in [0.1, 0.15) is 12.4 Å². The average molecular weight is 416 g/mol. The standard InChI is InChI=1S/C24H24N4O3/c1-3-31-21-12-16(8-9-19(21)29)23-22-18(27-24-25-13-26-28(23)24)10-17(11-20(22)30)15-6-4-14(2)5-7-15/h4-9,12-13,17,23,29H,3,10-11H2,1-2H3,(H,25,26,27)/t17-,23-/m1/s1. The van der Waals surface area contributed by atoms with Gasteiger partial charge in [0.15, 0.2) is 17.3 Å². The first-order valence-electron chi connectivity index (χ1n) is 10.5. The summed E-state index contributed by atoms with van der Waals surface area (Å²) in [6.07, 6.45) is 2.66. The van der Waals surface area contributed by atoms with E-state index >= 15 is 0 Å². The third kappa shape index (κ3) is 3.36. The van der Waals surface area contributed by atoms with Gasteiger partial charge in [-0.05, 0) is 49.4 Å². The van der Waals surface area contributed by atoms with E-state index in [1.807, 2.05) is 13.0 Å². The highest BCUT2D eigenvalue weighted by Crippen LogP contribution is 2.44. The summed E-state index contributed by atoms with van der Waals surface area (Å²) in [5.74, 6) is 1.28. The summed E-state index contributed by atoms with van der Waals surface area (Å²) in [6, 6.07) is 13.2. The third-order valence-corrected chi connectivity index (χ3v) is 6.01. The van der Waals surface area contributed by atoms with Crippen LogP contribution in [0.15, 0.2) is 60.1 Å². The van der Waals surface area contributed by atoms with Crippen molar-refractivity contribution in [3.05, 3.63) is 76.8 Å². The molecule has 1 aliphatic heterocycles. The molecule has 1 aromatic heterocycles. The van der Waals surface area contributed by atoms with Crippen LogP contribution in [0.5, 0.6) is 11.5 Å². The molecule has 2 atom stereocenters. The number of carbonyl (C=O) groups excluding carboxylic acids is 1. The number of hydrogen-bond acceptors (Lipinski definition) is 6. The maximum Gasteiger partial charge on any atom is 0.226 e. The van der Waals surface area contributed by atoms with Gasteiger partial charge in [-0.1, -0.05) is 35.9 Å². The Morgan fingerprint density at radius 2 is 1.94 bits per heavy atom. The summed E-state index contributed by atoms with van der Waals surface area (Å²) < 4.78 is 7.30. The number of rotatable bonds is 4. The maximum atomic E-state index is 13.4. The van der Waals surface area contributed by atoms with Gasteiger partial charge in [0.2, 0.25) is 5.95 Å². The van der Waals surface area contributed by atoms with Crippen molar-refractivity contribution >= 4 is 11.7 Å². The number of ether oxygens (including phenoxy) is 1. The minimum absolute atomic E-state index is 0.0713. The van der Waals surface area contributed by atoms with Crippen molar-refractivity contribution in [2.24, 2.45) is 0 Å². The van der Waals surface area contributed by atoms with Crippen molar-refractivity contribution < 1.29 is 14.6 Å². The number of phenols is 1. The van der Waals surface area contributed by atoms with Crippen molar-refractivity contribution in [3.63, 3.8) is 0 Å². The molecule has 0 fully saturated rings. The number of aromatic nitrogens is 3. The molecule has 2 aliphatic rings. The number of hydrogen-bond donors (Lipinski definition) is 2. The predicted molar refractivity (Wildman–Crippen MR) is 116 cm³/mol. The quantitative estimate of drug-likeness (QED) is 0.665. The molecule has 1 aliphatic carbocycles. The molecule has 0 radical (unpaired) electrons. The third-order valence-electron chi connectivity index (χ3n) is 6.01. The Labute approximate surface area is 180 Å². The number of nitrogens with one attached hydrogen (secondary N) is 1. The van der Waals surface area contributed by atoms with Crippen LogP contribution >= 0.6 is 0 Å². The molecule has 0 unspecified atom stereocenters. The number of aryl methyl sites for hydroxylation is 1. The molecule has 31 heavy (non-hydrogen) atoms. The molecular formula is C24H24N4O3. The number of Topliss-reactive ketones (excluding diaryl/α,β-unsaturated/α-hetero) is 1. The van der Waals surface area contributed by atoms with Crippen LogP contribution in [0.3, 0.4) is 0 Å². The lowest BCUT2D eigenvalue weighted by molar-refractivity contribution is -0.116. The van der Waals surface area contributed by atoms with Gasteiger partial charge in [-0.25, -0.2) is 4.68 Å². The summed E-state index contributed by atoms with van der Waals surface area (Å²) in [5, 5.41) is 17.9. The monoisotopic (exact) mass is 416 g/mol. The van der Waals surface area contributed by atoms with E-state index < -0.39 is 6.04 Å². The van der Waals surface area contributed by atoms with E-state index in [1.165, 1.54) is 17.5 Å². The van der Waals surface area contributed by atoms with Gasteiger partial charge in [-0.3, -0.25) is 4.79 Å². The Kier molecular flexibility index (Phi) is 4.73. The zero-order valence-corrected chi connectivity index (χ0v) is 17.5. The van der Waals surface area contributed by atoms with Gasteiger partial charge in [0.05, 0.1) is 6.61 Å². The first-order chi connectivity index (χ1) is 15.0. The van der Waals surface area contributed by atoms with Crippen LogP contribution in [0, 0.1) is 6.92 Å². The predicted octanol–water partition coefficient (Wildman–Crippen LogP) is 4.11. The molecule has 0 saturated heterocycles. The fraction of sp³-hybridized carbons (Fsp3) is 0.292. The molecule has 0 bridgehead atoms. The van der Waals surface area contributed by atoms with Crippen LogP contribution in [0.1, 0.15) is 48.4 Å². The van der Waals surface area contributed by atoms with Crippen molar-refractivity contribution in [2.45, 2.75) is 38.6 Å². The molecule has 7 nitrogen and oxygen atoms in total. The highest BCUT2D eigenvalue weighted by atomic mass is 16.5. The van der Waals surface area contributed by atoms with Crippen molar-refractivity contribution in [1.29, 1.82) is 0 Å². The number of benzene rings is 2. The number of ketones is 1. The largest absolute Gasteiger partial charge is 0.504 e. The second kappa shape index (κ2) is 7.58. The molecule has 2 heterocycles. The lowest BCUT2D eigenvalue weighted by Crippen LogP contribution is -2.33. The highest BCUT2D eigenvalue weighted by molar-refractivity contribution is 6.00. The fourth-order valence-corrected chi connectivity index (χ4v) is 4.51. The van der Waals surface area contributed by atoms with Gasteiger partial charge < -0.3 is 15.2 Å². The van der Waals surface area contributed by atoms with Gasteiger partial charge in [-0.2, -0.15) is 10.1 Å². The molecule has 2 N–H and O–H groups in total. The topological polar surface area (TPSA) is 89.3 Å². The Bertz CT molecular complexity index is 1180. The number of nitrogens with zero attached hydrogens (tertiary/aromatic N) is 3. The molecule has 158 valence electrons. The van der Waals surface area contributed by atoms with Gasteiger partial charge in [0, 0.05) is 17.7 Å². The number of phenolic OH excluding ortho intramolecular Hbond substituents is 1. The Balaban J connectivity index is 1.58. The molecular weight excluding hydrogens is 392 g/mol.